The Bertz CT molecular complexity index is 1370. The molecule has 2 aromatic heterocycles. The van der Waals surface area contributed by atoms with Crippen LogP contribution >= 0.6 is 0 Å². The maximum atomic E-state index is 12.0. The van der Waals surface area contributed by atoms with Gasteiger partial charge in [0.05, 0.1) is 78.6 Å². The number of piperazine rings is 1. The van der Waals surface area contributed by atoms with Crippen molar-refractivity contribution >= 4 is 28.7 Å². The molecule has 14 heteroatoms. The molecule has 48 heavy (non-hydrogen) atoms. The van der Waals surface area contributed by atoms with Crippen LogP contribution in [0.1, 0.15) is 37.3 Å². The molecule has 0 unspecified atom stereocenters. The zero-order valence-corrected chi connectivity index (χ0v) is 28.6. The second-order valence-corrected chi connectivity index (χ2v) is 11.7. The van der Waals surface area contributed by atoms with Gasteiger partial charge in [0.2, 0.25) is 11.9 Å². The number of methoxy groups -OCH3 is 1. The van der Waals surface area contributed by atoms with Gasteiger partial charge in [0, 0.05) is 51.0 Å². The summed E-state index contributed by atoms with van der Waals surface area (Å²) in [5.74, 6) is 1.84. The number of hydrogen-bond acceptors (Lipinski definition) is 12. The van der Waals surface area contributed by atoms with Crippen molar-refractivity contribution < 1.29 is 28.5 Å². The largest absolute Gasteiger partial charge is 0.496 e. The van der Waals surface area contributed by atoms with E-state index in [-0.39, 0.29) is 11.9 Å². The molecule has 1 saturated heterocycles. The Kier molecular flexibility index (Phi) is 16.7. The van der Waals surface area contributed by atoms with Crippen LogP contribution in [0.15, 0.2) is 30.5 Å². The number of carbonyl (C=O) groups is 1. The Morgan fingerprint density at radius 2 is 1.67 bits per heavy atom. The quantitative estimate of drug-likeness (QED) is 0.103. The van der Waals surface area contributed by atoms with Crippen LogP contribution in [0, 0.1) is 0 Å². The standard InChI is InChI=1S/C34H54N8O6/c1-3-4-5-9-38-33-32-29(39-34(35)40-33)8-13-42(32)24-28-7-6-27(23-30(28)44-2)26-48-22-21-47-20-19-46-18-17-45-16-12-37-31(43)25-41-14-10-36-11-15-41/h6-8,13,23,36H,3-5,9-12,14-22,24-26H2,1-2H3,(H,37,43)(H3,35,38,39,40). The minimum atomic E-state index is 0.0379. The number of rotatable bonds is 24. The van der Waals surface area contributed by atoms with Crippen molar-refractivity contribution in [2.45, 2.75) is 39.3 Å². The number of nitrogens with two attached hydrogens (primary N) is 1. The van der Waals surface area contributed by atoms with Crippen LogP contribution in [0.25, 0.3) is 11.0 Å². The lowest BCUT2D eigenvalue weighted by Gasteiger charge is -2.26. The van der Waals surface area contributed by atoms with Crippen molar-refractivity contribution in [3.05, 3.63) is 41.6 Å². The maximum absolute atomic E-state index is 12.0. The molecule has 1 fully saturated rings. The van der Waals surface area contributed by atoms with Crippen LogP contribution in [0.5, 0.6) is 5.75 Å². The highest BCUT2D eigenvalue weighted by atomic mass is 16.6. The van der Waals surface area contributed by atoms with Gasteiger partial charge in [-0.2, -0.15) is 4.98 Å². The molecule has 1 aromatic carbocycles. The lowest BCUT2D eigenvalue weighted by molar-refractivity contribution is -0.122. The normalized spacial score (nSPS) is 13.6. The molecule has 0 spiro atoms. The van der Waals surface area contributed by atoms with Crippen LogP contribution in [-0.4, -0.2) is 125 Å². The molecule has 4 rings (SSSR count). The summed E-state index contributed by atoms with van der Waals surface area (Å²) in [6, 6.07) is 8.10. The molecule has 3 heterocycles. The summed E-state index contributed by atoms with van der Waals surface area (Å²) in [6.45, 7) is 12.0. The summed E-state index contributed by atoms with van der Waals surface area (Å²) in [4.78, 5) is 23.0. The van der Waals surface area contributed by atoms with E-state index in [2.05, 4.69) is 54.4 Å². The van der Waals surface area contributed by atoms with E-state index in [1.165, 1.54) is 0 Å². The number of nitrogens with zero attached hydrogens (tertiary/aromatic N) is 4. The van der Waals surface area contributed by atoms with Crippen molar-refractivity contribution in [2.24, 2.45) is 0 Å². The number of amides is 1. The number of hydrogen-bond donors (Lipinski definition) is 4. The molecule has 14 nitrogen and oxygen atoms in total. The first-order valence-corrected chi connectivity index (χ1v) is 17.1. The van der Waals surface area contributed by atoms with Gasteiger partial charge >= 0.3 is 0 Å². The fraction of sp³-hybridized carbons (Fsp3) is 0.618. The summed E-state index contributed by atoms with van der Waals surface area (Å²) >= 11 is 0. The van der Waals surface area contributed by atoms with Crippen molar-refractivity contribution in [1.29, 1.82) is 0 Å². The first kappa shape index (κ1) is 37.3. The molecule has 5 N–H and O–H groups in total. The fourth-order valence-corrected chi connectivity index (χ4v) is 5.39. The number of nitrogens with one attached hydrogen (secondary N) is 3. The van der Waals surface area contributed by atoms with E-state index >= 15 is 0 Å². The lowest BCUT2D eigenvalue weighted by atomic mass is 10.1. The van der Waals surface area contributed by atoms with Crippen LogP contribution in [0.4, 0.5) is 11.8 Å². The first-order valence-electron chi connectivity index (χ1n) is 17.1. The summed E-state index contributed by atoms with van der Waals surface area (Å²) in [6.07, 6.45) is 5.39. The van der Waals surface area contributed by atoms with E-state index in [9.17, 15) is 4.79 Å². The predicted octanol–water partition coefficient (Wildman–Crippen LogP) is 2.26. The lowest BCUT2D eigenvalue weighted by Crippen LogP contribution is -2.47. The summed E-state index contributed by atoms with van der Waals surface area (Å²) < 4.78 is 30.4. The molecule has 266 valence electrons. The number of nitrogen functional groups attached to an aromatic ring is 1. The number of fused-ring (bicyclic) bond motifs is 1. The molecular formula is C34H54N8O6. The molecular weight excluding hydrogens is 616 g/mol. The minimum absolute atomic E-state index is 0.0379. The minimum Gasteiger partial charge on any atom is -0.496 e. The average molecular weight is 671 g/mol. The summed E-state index contributed by atoms with van der Waals surface area (Å²) in [5.41, 5.74) is 9.77. The molecule has 0 saturated carbocycles. The number of ether oxygens (including phenoxy) is 5. The summed E-state index contributed by atoms with van der Waals surface area (Å²) in [5, 5.41) is 9.62. The van der Waals surface area contributed by atoms with Gasteiger partial charge < -0.3 is 49.9 Å². The second-order valence-electron chi connectivity index (χ2n) is 11.7. The van der Waals surface area contributed by atoms with E-state index < -0.39 is 0 Å². The molecule has 1 aliphatic heterocycles. The number of carbonyl (C=O) groups excluding carboxylic acids is 1. The van der Waals surface area contributed by atoms with Gasteiger partial charge in [-0.05, 0) is 24.1 Å². The van der Waals surface area contributed by atoms with Gasteiger partial charge in [0.15, 0.2) is 5.82 Å². The van der Waals surface area contributed by atoms with Gasteiger partial charge in [0.1, 0.15) is 11.3 Å². The van der Waals surface area contributed by atoms with Crippen molar-refractivity contribution in [3.63, 3.8) is 0 Å². The van der Waals surface area contributed by atoms with Gasteiger partial charge in [-0.1, -0.05) is 31.9 Å². The van der Waals surface area contributed by atoms with Gasteiger partial charge in [-0.15, -0.1) is 0 Å². The highest BCUT2D eigenvalue weighted by Gasteiger charge is 2.15. The molecule has 1 aliphatic rings. The topological polar surface area (TPSA) is 159 Å². The monoisotopic (exact) mass is 670 g/mol. The first-order chi connectivity index (χ1) is 23.6. The number of anilines is 2. The van der Waals surface area contributed by atoms with E-state index in [4.69, 9.17) is 29.4 Å². The van der Waals surface area contributed by atoms with Gasteiger partial charge in [0.25, 0.3) is 0 Å². The van der Waals surface area contributed by atoms with E-state index in [0.717, 1.165) is 85.7 Å². The second kappa shape index (κ2) is 21.4. The Labute approximate surface area is 284 Å². The number of benzene rings is 1. The number of unbranched alkanes of at least 4 members (excludes halogenated alkanes) is 2. The Morgan fingerprint density at radius 1 is 0.938 bits per heavy atom. The molecule has 0 atom stereocenters. The average Bonchev–Trinajstić information content (AvgIpc) is 3.49. The molecule has 0 radical (unpaired) electrons. The van der Waals surface area contributed by atoms with Crippen LogP contribution < -0.4 is 26.4 Å². The van der Waals surface area contributed by atoms with Crippen molar-refractivity contribution in [1.82, 2.24) is 30.1 Å². The Morgan fingerprint density at radius 3 is 2.40 bits per heavy atom. The molecule has 0 aliphatic carbocycles. The highest BCUT2D eigenvalue weighted by molar-refractivity contribution is 5.87. The molecule has 1 amide bonds. The van der Waals surface area contributed by atoms with E-state index in [0.29, 0.717) is 72.5 Å². The Hall–Kier alpha value is -3.53. The molecule has 0 bridgehead atoms. The molecule has 3 aromatic rings. The van der Waals surface area contributed by atoms with Crippen molar-refractivity contribution in [3.8, 4) is 5.75 Å². The van der Waals surface area contributed by atoms with Gasteiger partial charge in [-0.25, -0.2) is 4.98 Å². The smallest absolute Gasteiger partial charge is 0.234 e. The number of aromatic nitrogens is 3. The van der Waals surface area contributed by atoms with Gasteiger partial charge in [-0.3, -0.25) is 9.69 Å². The van der Waals surface area contributed by atoms with E-state index in [1.807, 2.05) is 18.3 Å². The van der Waals surface area contributed by atoms with Crippen molar-refractivity contribution in [2.75, 3.05) is 110 Å². The predicted molar refractivity (Wildman–Crippen MR) is 186 cm³/mol. The maximum Gasteiger partial charge on any atom is 0.234 e. The third-order valence-electron chi connectivity index (χ3n) is 7.92. The van der Waals surface area contributed by atoms with Crippen LogP contribution in [0.3, 0.4) is 0 Å². The van der Waals surface area contributed by atoms with Crippen LogP contribution in [-0.2, 0) is 36.9 Å². The van der Waals surface area contributed by atoms with Crippen LogP contribution in [0.2, 0.25) is 0 Å². The Balaban J connectivity index is 1.06. The van der Waals surface area contributed by atoms with E-state index in [1.54, 1.807) is 7.11 Å². The zero-order valence-electron chi connectivity index (χ0n) is 28.6. The highest BCUT2D eigenvalue weighted by Crippen LogP contribution is 2.27. The third kappa shape index (κ3) is 12.8. The fourth-order valence-electron chi connectivity index (χ4n) is 5.39. The third-order valence-corrected chi connectivity index (χ3v) is 7.92. The zero-order chi connectivity index (χ0) is 33.8. The summed E-state index contributed by atoms with van der Waals surface area (Å²) in [7, 11) is 1.68. The SMILES string of the molecule is CCCCCNc1nc(N)nc2ccn(Cc3ccc(COCCOCCOCCOCCNC(=O)CN4CCNCC4)cc3OC)c12.